The molecule has 28 heavy (non-hydrogen) atoms. The molecule has 0 atom stereocenters. The van der Waals surface area contributed by atoms with Crippen molar-refractivity contribution in [1.29, 1.82) is 0 Å². The Morgan fingerprint density at radius 1 is 0.929 bits per heavy atom. The molecule has 0 saturated carbocycles. The van der Waals surface area contributed by atoms with Gasteiger partial charge in [0.1, 0.15) is 11.6 Å². The third-order valence-corrected chi connectivity index (χ3v) is 4.25. The maximum absolute atomic E-state index is 13.1. The molecule has 0 bridgehead atoms. The Morgan fingerprint density at radius 2 is 1.36 bits per heavy atom. The van der Waals surface area contributed by atoms with Gasteiger partial charge in [-0.3, -0.25) is 9.69 Å². The molecular formula is C22H19F2NO3. The fourth-order valence-electron chi connectivity index (χ4n) is 2.90. The van der Waals surface area contributed by atoms with E-state index in [-0.39, 0.29) is 37.1 Å². The van der Waals surface area contributed by atoms with E-state index in [4.69, 9.17) is 4.74 Å². The summed E-state index contributed by atoms with van der Waals surface area (Å²) >= 11 is 0. The molecule has 0 radical (unpaired) electrons. The fourth-order valence-corrected chi connectivity index (χ4v) is 2.90. The molecule has 6 heteroatoms. The monoisotopic (exact) mass is 383 g/mol. The van der Waals surface area contributed by atoms with Crippen molar-refractivity contribution < 1.29 is 23.1 Å². The lowest BCUT2D eigenvalue weighted by molar-refractivity contribution is -0.113. The van der Waals surface area contributed by atoms with Gasteiger partial charge < -0.3 is 4.74 Å². The molecule has 2 aromatic rings. The average molecular weight is 383 g/mol. The summed E-state index contributed by atoms with van der Waals surface area (Å²) in [5.41, 5.74) is 2.08. The van der Waals surface area contributed by atoms with Crippen LogP contribution < -0.4 is 0 Å². The number of nitrogens with zero attached hydrogens (tertiary/aromatic N) is 1. The van der Waals surface area contributed by atoms with E-state index >= 15 is 0 Å². The summed E-state index contributed by atoms with van der Waals surface area (Å²) < 4.78 is 31.3. The van der Waals surface area contributed by atoms with E-state index in [1.165, 1.54) is 29.2 Å². The highest BCUT2D eigenvalue weighted by molar-refractivity contribution is 6.15. The fraction of sp³-hybridized carbons (Fsp3) is 0.182. The number of halogens is 2. The summed E-state index contributed by atoms with van der Waals surface area (Å²) in [6.45, 7) is 2.11. The Morgan fingerprint density at radius 3 is 1.75 bits per heavy atom. The molecule has 1 aliphatic heterocycles. The van der Waals surface area contributed by atoms with E-state index in [0.717, 1.165) is 0 Å². The molecule has 1 saturated heterocycles. The van der Waals surface area contributed by atoms with Crippen LogP contribution in [0.15, 0.2) is 59.7 Å². The first kappa shape index (κ1) is 19.5. The van der Waals surface area contributed by atoms with Gasteiger partial charge in [0.2, 0.25) is 0 Å². The van der Waals surface area contributed by atoms with E-state index in [0.29, 0.717) is 22.3 Å². The van der Waals surface area contributed by atoms with Crippen molar-refractivity contribution in [3.8, 4) is 0 Å². The van der Waals surface area contributed by atoms with Crippen LogP contribution in [0.5, 0.6) is 0 Å². The maximum Gasteiger partial charge on any atom is 0.410 e. The highest BCUT2D eigenvalue weighted by atomic mass is 19.1. The quantitative estimate of drug-likeness (QED) is 0.735. The lowest BCUT2D eigenvalue weighted by Gasteiger charge is -2.29. The van der Waals surface area contributed by atoms with Crippen molar-refractivity contribution in [2.75, 3.05) is 19.7 Å². The number of rotatable bonds is 3. The zero-order valence-corrected chi connectivity index (χ0v) is 15.3. The van der Waals surface area contributed by atoms with Gasteiger partial charge in [0, 0.05) is 11.1 Å². The van der Waals surface area contributed by atoms with Gasteiger partial charge in [-0.25, -0.2) is 13.6 Å². The molecule has 4 nitrogen and oxygen atoms in total. The Labute approximate surface area is 161 Å². The van der Waals surface area contributed by atoms with Crippen LogP contribution >= 0.6 is 0 Å². The van der Waals surface area contributed by atoms with Gasteiger partial charge in [-0.15, -0.1) is 0 Å². The van der Waals surface area contributed by atoms with Crippen LogP contribution in [-0.2, 0) is 9.53 Å². The third-order valence-electron chi connectivity index (χ3n) is 4.25. The van der Waals surface area contributed by atoms with Gasteiger partial charge in [-0.05, 0) is 54.5 Å². The van der Waals surface area contributed by atoms with E-state index in [1.807, 2.05) is 0 Å². The standard InChI is InChI=1S/C22H19F2NO3/c1-2-28-22(27)25-13-17(11-15-3-7-19(23)8-4-15)21(26)18(14-25)12-16-5-9-20(24)10-6-16/h3-12H,2,13-14H2,1H3. The number of Topliss-reactive ketones (excluding diaryl/α,β-unsaturated/α-hetero) is 1. The predicted octanol–water partition coefficient (Wildman–Crippen LogP) is 4.47. The molecule has 1 heterocycles. The maximum atomic E-state index is 13.1. The Kier molecular flexibility index (Phi) is 5.99. The number of amides is 1. The van der Waals surface area contributed by atoms with Gasteiger partial charge in [0.15, 0.2) is 5.78 Å². The van der Waals surface area contributed by atoms with Crippen LogP contribution in [0.4, 0.5) is 13.6 Å². The molecule has 0 aromatic heterocycles. The number of hydrogen-bond acceptors (Lipinski definition) is 3. The summed E-state index contributed by atoms with van der Waals surface area (Å²) in [6, 6.07) is 11.4. The van der Waals surface area contributed by atoms with E-state index in [1.54, 1.807) is 43.3 Å². The van der Waals surface area contributed by atoms with Crippen LogP contribution in [0.25, 0.3) is 12.2 Å². The van der Waals surface area contributed by atoms with Crippen molar-refractivity contribution in [3.63, 3.8) is 0 Å². The molecule has 1 aliphatic rings. The van der Waals surface area contributed by atoms with E-state index < -0.39 is 6.09 Å². The molecule has 0 N–H and O–H groups in total. The molecule has 1 amide bonds. The SMILES string of the molecule is CCOC(=O)N1CC(=Cc2ccc(F)cc2)C(=O)C(=Cc2ccc(F)cc2)C1. The number of ether oxygens (including phenoxy) is 1. The minimum Gasteiger partial charge on any atom is -0.450 e. The Balaban J connectivity index is 1.96. The lowest BCUT2D eigenvalue weighted by Crippen LogP contribution is -2.41. The minimum absolute atomic E-state index is 0.0931. The first-order chi connectivity index (χ1) is 13.5. The molecule has 0 spiro atoms. The zero-order valence-electron chi connectivity index (χ0n) is 15.3. The summed E-state index contributed by atoms with van der Waals surface area (Å²) in [5.74, 6) is -0.960. The normalized spacial score (nSPS) is 17.2. The van der Waals surface area contributed by atoms with Crippen molar-refractivity contribution in [2.24, 2.45) is 0 Å². The molecule has 1 fully saturated rings. The molecule has 0 unspecified atom stereocenters. The number of piperidine rings is 1. The van der Waals surface area contributed by atoms with Crippen molar-refractivity contribution in [1.82, 2.24) is 4.90 Å². The minimum atomic E-state index is -0.523. The number of carbonyl (C=O) groups excluding carboxylic acids is 2. The topological polar surface area (TPSA) is 46.6 Å². The first-order valence-corrected chi connectivity index (χ1v) is 8.85. The molecule has 3 rings (SSSR count). The second-order valence-corrected chi connectivity index (χ2v) is 6.33. The van der Waals surface area contributed by atoms with Gasteiger partial charge in [0.25, 0.3) is 0 Å². The highest BCUT2D eigenvalue weighted by Crippen LogP contribution is 2.23. The zero-order chi connectivity index (χ0) is 20.1. The van der Waals surface area contributed by atoms with E-state index in [2.05, 4.69) is 0 Å². The third kappa shape index (κ3) is 4.71. The van der Waals surface area contributed by atoms with Crippen molar-refractivity contribution in [3.05, 3.63) is 82.4 Å². The van der Waals surface area contributed by atoms with Crippen molar-refractivity contribution >= 4 is 24.0 Å². The van der Waals surface area contributed by atoms with Crippen LogP contribution in [0.1, 0.15) is 18.1 Å². The molecule has 0 aliphatic carbocycles. The van der Waals surface area contributed by atoms with Gasteiger partial charge in [-0.2, -0.15) is 0 Å². The molecular weight excluding hydrogens is 364 g/mol. The summed E-state index contributed by atoms with van der Waals surface area (Å²) in [7, 11) is 0. The summed E-state index contributed by atoms with van der Waals surface area (Å²) in [5, 5.41) is 0. The molecule has 144 valence electrons. The average Bonchev–Trinajstić information content (AvgIpc) is 2.68. The number of hydrogen-bond donors (Lipinski definition) is 0. The van der Waals surface area contributed by atoms with Crippen LogP contribution in [0.2, 0.25) is 0 Å². The largest absolute Gasteiger partial charge is 0.450 e. The van der Waals surface area contributed by atoms with Gasteiger partial charge in [0.05, 0.1) is 19.7 Å². The van der Waals surface area contributed by atoms with E-state index in [9.17, 15) is 18.4 Å². The summed E-state index contributed by atoms with van der Waals surface area (Å²) in [6.07, 6.45) is 2.74. The number of carbonyl (C=O) groups is 2. The lowest BCUT2D eigenvalue weighted by atomic mass is 9.94. The predicted molar refractivity (Wildman–Crippen MR) is 102 cm³/mol. The Hall–Kier alpha value is -3.28. The number of likely N-dealkylation sites (tertiary alicyclic amines) is 1. The van der Waals surface area contributed by atoms with Crippen LogP contribution in [0.3, 0.4) is 0 Å². The Bertz CT molecular complexity index is 864. The summed E-state index contributed by atoms with van der Waals surface area (Å²) in [4.78, 5) is 26.6. The number of ketones is 1. The second kappa shape index (κ2) is 8.61. The van der Waals surface area contributed by atoms with Crippen LogP contribution in [0, 0.1) is 11.6 Å². The first-order valence-electron chi connectivity index (χ1n) is 8.85. The smallest absolute Gasteiger partial charge is 0.410 e. The second-order valence-electron chi connectivity index (χ2n) is 6.33. The molecule has 2 aromatic carbocycles. The number of benzene rings is 2. The van der Waals surface area contributed by atoms with Crippen molar-refractivity contribution in [2.45, 2.75) is 6.92 Å². The van der Waals surface area contributed by atoms with Gasteiger partial charge >= 0.3 is 6.09 Å². The van der Waals surface area contributed by atoms with Crippen LogP contribution in [-0.4, -0.2) is 36.5 Å². The highest BCUT2D eigenvalue weighted by Gasteiger charge is 2.29. The van der Waals surface area contributed by atoms with Gasteiger partial charge in [-0.1, -0.05) is 24.3 Å².